The number of carboxylic acid groups (broad SMARTS) is 1. The molecule has 1 rings (SSSR count). The first-order chi connectivity index (χ1) is 7.67. The fourth-order valence-electron chi connectivity index (χ4n) is 1.25. The predicted molar refractivity (Wildman–Crippen MR) is 55.0 cm³/mol. The van der Waals surface area contributed by atoms with Crippen molar-refractivity contribution >= 4 is 12.4 Å². The summed E-state index contributed by atoms with van der Waals surface area (Å²) in [6.45, 7) is 0. The summed E-state index contributed by atoms with van der Waals surface area (Å²) >= 11 is 0. The lowest BCUT2D eigenvalue weighted by Gasteiger charge is -2.13. The van der Waals surface area contributed by atoms with E-state index in [-0.39, 0.29) is 6.42 Å². The highest BCUT2D eigenvalue weighted by Gasteiger charge is 2.14. The number of aromatic nitrogens is 1. The Balaban J connectivity index is 2.82. The average molecular weight is 224 g/mol. The maximum absolute atomic E-state index is 10.6. The first-order valence-electron chi connectivity index (χ1n) is 4.58. The van der Waals surface area contributed by atoms with Crippen molar-refractivity contribution in [2.75, 3.05) is 7.11 Å². The van der Waals surface area contributed by atoms with Crippen LogP contribution in [0.5, 0.6) is 5.88 Å². The van der Waals surface area contributed by atoms with E-state index in [2.05, 4.69) is 10.3 Å². The van der Waals surface area contributed by atoms with Crippen molar-refractivity contribution in [3.8, 4) is 5.88 Å². The fourth-order valence-corrected chi connectivity index (χ4v) is 1.25. The van der Waals surface area contributed by atoms with Crippen LogP contribution in [0, 0.1) is 0 Å². The molecule has 6 heteroatoms. The Bertz CT molecular complexity index is 364. The second kappa shape index (κ2) is 5.69. The number of ether oxygens (including phenoxy) is 1. The van der Waals surface area contributed by atoms with Gasteiger partial charge in [-0.05, 0) is 5.56 Å². The molecule has 6 nitrogen and oxygen atoms in total. The van der Waals surface area contributed by atoms with Crippen molar-refractivity contribution in [1.82, 2.24) is 10.3 Å². The molecule has 86 valence electrons. The van der Waals surface area contributed by atoms with Gasteiger partial charge in [0.2, 0.25) is 12.3 Å². The molecule has 1 aromatic heterocycles. The highest BCUT2D eigenvalue weighted by Crippen LogP contribution is 2.17. The van der Waals surface area contributed by atoms with Crippen LogP contribution in [-0.2, 0) is 9.59 Å². The molecule has 0 radical (unpaired) electrons. The number of hydrogen-bond donors (Lipinski definition) is 2. The largest absolute Gasteiger partial charge is 0.481 e. The SMILES string of the molecule is COc1ccc(C(CC(=O)O)NC=O)cn1. The summed E-state index contributed by atoms with van der Waals surface area (Å²) in [5.74, 6) is -0.556. The molecule has 0 spiro atoms. The molecule has 0 fully saturated rings. The van der Waals surface area contributed by atoms with Crippen molar-refractivity contribution in [3.63, 3.8) is 0 Å². The molecule has 1 aromatic rings. The van der Waals surface area contributed by atoms with Crippen LogP contribution in [0.4, 0.5) is 0 Å². The van der Waals surface area contributed by atoms with E-state index in [1.54, 1.807) is 12.1 Å². The molecule has 0 bridgehead atoms. The van der Waals surface area contributed by atoms with Gasteiger partial charge < -0.3 is 15.2 Å². The maximum Gasteiger partial charge on any atom is 0.305 e. The number of rotatable bonds is 6. The monoisotopic (exact) mass is 224 g/mol. The number of nitrogens with one attached hydrogen (secondary N) is 1. The second-order valence-corrected chi connectivity index (χ2v) is 3.07. The van der Waals surface area contributed by atoms with E-state index in [0.717, 1.165) is 0 Å². The first-order valence-corrected chi connectivity index (χ1v) is 4.58. The van der Waals surface area contributed by atoms with E-state index in [1.807, 2.05) is 0 Å². The van der Waals surface area contributed by atoms with E-state index in [1.165, 1.54) is 13.3 Å². The Morgan fingerprint density at radius 2 is 2.44 bits per heavy atom. The summed E-state index contributed by atoms with van der Waals surface area (Å²) in [6, 6.07) is 2.69. The number of amides is 1. The van der Waals surface area contributed by atoms with Crippen LogP contribution < -0.4 is 10.1 Å². The number of carbonyl (C=O) groups is 2. The minimum Gasteiger partial charge on any atom is -0.481 e. The van der Waals surface area contributed by atoms with Gasteiger partial charge in [-0.25, -0.2) is 4.98 Å². The molecule has 0 aliphatic rings. The van der Waals surface area contributed by atoms with Crippen LogP contribution in [0.15, 0.2) is 18.3 Å². The minimum atomic E-state index is -0.991. The van der Waals surface area contributed by atoms with Crippen molar-refractivity contribution < 1.29 is 19.4 Å². The quantitative estimate of drug-likeness (QED) is 0.681. The van der Waals surface area contributed by atoms with Gasteiger partial charge in [0.1, 0.15) is 0 Å². The van der Waals surface area contributed by atoms with Crippen LogP contribution in [0.25, 0.3) is 0 Å². The summed E-state index contributed by atoms with van der Waals surface area (Å²) in [6.07, 6.45) is 1.76. The number of carbonyl (C=O) groups excluding carboxylic acids is 1. The number of pyridine rings is 1. The standard InChI is InChI=1S/C10H12N2O4/c1-16-9-3-2-7(5-11-9)8(12-6-13)4-10(14)15/h2-3,5-6,8H,4H2,1H3,(H,12,13)(H,14,15). The molecule has 0 saturated carbocycles. The van der Waals surface area contributed by atoms with Crippen LogP contribution >= 0.6 is 0 Å². The van der Waals surface area contributed by atoms with E-state index in [4.69, 9.17) is 9.84 Å². The molecule has 1 unspecified atom stereocenters. The highest BCUT2D eigenvalue weighted by atomic mass is 16.5. The lowest BCUT2D eigenvalue weighted by Crippen LogP contribution is -2.22. The Hall–Kier alpha value is -2.11. The Kier molecular flexibility index (Phi) is 4.26. The molecular weight excluding hydrogens is 212 g/mol. The molecule has 0 aromatic carbocycles. The minimum absolute atomic E-state index is 0.188. The molecule has 1 heterocycles. The number of nitrogens with zero attached hydrogens (tertiary/aromatic N) is 1. The molecule has 0 saturated heterocycles. The van der Waals surface area contributed by atoms with Gasteiger partial charge in [-0.15, -0.1) is 0 Å². The van der Waals surface area contributed by atoms with Gasteiger partial charge in [-0.1, -0.05) is 6.07 Å². The van der Waals surface area contributed by atoms with Crippen LogP contribution in [-0.4, -0.2) is 29.6 Å². The van der Waals surface area contributed by atoms with Crippen LogP contribution in [0.1, 0.15) is 18.0 Å². The number of methoxy groups -OCH3 is 1. The summed E-state index contributed by atoms with van der Waals surface area (Å²) in [5.41, 5.74) is 0.621. The number of carboxylic acids is 1. The van der Waals surface area contributed by atoms with Crippen molar-refractivity contribution in [2.45, 2.75) is 12.5 Å². The maximum atomic E-state index is 10.6. The van der Waals surface area contributed by atoms with Gasteiger partial charge in [0.05, 0.1) is 19.6 Å². The third-order valence-electron chi connectivity index (χ3n) is 2.02. The van der Waals surface area contributed by atoms with E-state index in [0.29, 0.717) is 17.9 Å². The van der Waals surface area contributed by atoms with Crippen molar-refractivity contribution in [3.05, 3.63) is 23.9 Å². The smallest absolute Gasteiger partial charge is 0.305 e. The summed E-state index contributed by atoms with van der Waals surface area (Å²) in [5, 5.41) is 11.1. The van der Waals surface area contributed by atoms with Gasteiger partial charge in [-0.2, -0.15) is 0 Å². The Labute approximate surface area is 92.3 Å². The van der Waals surface area contributed by atoms with Crippen molar-refractivity contribution in [1.29, 1.82) is 0 Å². The van der Waals surface area contributed by atoms with Crippen LogP contribution in [0.3, 0.4) is 0 Å². The Morgan fingerprint density at radius 1 is 1.69 bits per heavy atom. The highest BCUT2D eigenvalue weighted by molar-refractivity contribution is 5.68. The zero-order valence-corrected chi connectivity index (χ0v) is 8.71. The van der Waals surface area contributed by atoms with Gasteiger partial charge in [-0.3, -0.25) is 9.59 Å². The molecule has 1 amide bonds. The normalized spacial score (nSPS) is 11.6. The van der Waals surface area contributed by atoms with E-state index in [9.17, 15) is 9.59 Å². The first kappa shape index (κ1) is 12.0. The summed E-state index contributed by atoms with van der Waals surface area (Å²) < 4.78 is 4.87. The molecule has 2 N–H and O–H groups in total. The number of aliphatic carboxylic acids is 1. The molecule has 0 aliphatic carbocycles. The Morgan fingerprint density at radius 3 is 2.88 bits per heavy atom. The zero-order chi connectivity index (χ0) is 12.0. The molecular formula is C10H12N2O4. The lowest BCUT2D eigenvalue weighted by molar-refractivity contribution is -0.137. The second-order valence-electron chi connectivity index (χ2n) is 3.07. The molecule has 16 heavy (non-hydrogen) atoms. The van der Waals surface area contributed by atoms with E-state index >= 15 is 0 Å². The molecule has 1 atom stereocenters. The third kappa shape index (κ3) is 3.23. The van der Waals surface area contributed by atoms with Gasteiger partial charge in [0.25, 0.3) is 0 Å². The summed E-state index contributed by atoms with van der Waals surface area (Å²) in [7, 11) is 1.49. The topological polar surface area (TPSA) is 88.5 Å². The van der Waals surface area contributed by atoms with Crippen LogP contribution in [0.2, 0.25) is 0 Å². The summed E-state index contributed by atoms with van der Waals surface area (Å²) in [4.78, 5) is 24.9. The third-order valence-corrected chi connectivity index (χ3v) is 2.02. The van der Waals surface area contributed by atoms with Gasteiger partial charge in [0.15, 0.2) is 0 Å². The number of hydrogen-bond acceptors (Lipinski definition) is 4. The lowest BCUT2D eigenvalue weighted by atomic mass is 10.1. The average Bonchev–Trinajstić information content (AvgIpc) is 2.28. The molecule has 0 aliphatic heterocycles. The predicted octanol–water partition coefficient (Wildman–Crippen LogP) is 0.352. The van der Waals surface area contributed by atoms with Gasteiger partial charge in [0, 0.05) is 12.3 Å². The van der Waals surface area contributed by atoms with Crippen molar-refractivity contribution in [2.24, 2.45) is 0 Å². The zero-order valence-electron chi connectivity index (χ0n) is 8.71. The fraction of sp³-hybridized carbons (Fsp3) is 0.300. The van der Waals surface area contributed by atoms with E-state index < -0.39 is 12.0 Å². The van der Waals surface area contributed by atoms with Gasteiger partial charge >= 0.3 is 5.97 Å².